The number of ether oxygens (including phenoxy) is 1. The largest absolute Gasteiger partial charge is 0.484 e. The molecule has 1 atom stereocenters. The number of hydrogen-bond donors (Lipinski definition) is 1. The molecule has 1 unspecified atom stereocenters. The van der Waals surface area contributed by atoms with Crippen molar-refractivity contribution in [3.63, 3.8) is 0 Å². The van der Waals surface area contributed by atoms with Crippen LogP contribution < -0.4 is 10.1 Å². The molecule has 1 aliphatic rings. The van der Waals surface area contributed by atoms with Gasteiger partial charge in [-0.2, -0.15) is 0 Å². The molecule has 128 valence electrons. The molecule has 0 heterocycles. The third kappa shape index (κ3) is 5.24. The Labute approximate surface area is 140 Å². The Morgan fingerprint density at radius 2 is 2.04 bits per heavy atom. The lowest BCUT2D eigenvalue weighted by Crippen LogP contribution is -2.42. The highest BCUT2D eigenvalue weighted by Crippen LogP contribution is 2.26. The van der Waals surface area contributed by atoms with Gasteiger partial charge < -0.3 is 10.1 Å². The monoisotopic (exact) mass is 318 g/mol. The maximum absolute atomic E-state index is 11.9. The van der Waals surface area contributed by atoms with Gasteiger partial charge in [-0.1, -0.05) is 19.9 Å². The number of hydrogen-bond acceptors (Lipinski definition) is 3. The molecule has 0 bridgehead atoms. The van der Waals surface area contributed by atoms with Gasteiger partial charge in [0.2, 0.25) is 0 Å². The van der Waals surface area contributed by atoms with E-state index < -0.39 is 0 Å². The molecule has 1 aromatic carbocycles. The smallest absolute Gasteiger partial charge is 0.257 e. The van der Waals surface area contributed by atoms with Crippen LogP contribution in [0.5, 0.6) is 5.75 Å². The van der Waals surface area contributed by atoms with Crippen molar-refractivity contribution in [2.75, 3.05) is 20.2 Å². The Balaban J connectivity index is 1.74. The molecule has 23 heavy (non-hydrogen) atoms. The van der Waals surface area contributed by atoms with Crippen LogP contribution in [-0.2, 0) is 4.79 Å². The third-order valence-corrected chi connectivity index (χ3v) is 4.65. The fraction of sp³-hybridized carbons (Fsp3) is 0.632. The zero-order chi connectivity index (χ0) is 17.0. The minimum Gasteiger partial charge on any atom is -0.484 e. The second-order valence-electron chi connectivity index (χ2n) is 7.01. The van der Waals surface area contributed by atoms with Crippen molar-refractivity contribution in [3.8, 4) is 5.75 Å². The Morgan fingerprint density at radius 1 is 1.35 bits per heavy atom. The van der Waals surface area contributed by atoms with Crippen LogP contribution in [0.25, 0.3) is 0 Å². The highest BCUT2D eigenvalue weighted by Gasteiger charge is 2.29. The Kier molecular flexibility index (Phi) is 6.05. The summed E-state index contributed by atoms with van der Waals surface area (Å²) in [5.41, 5.74) is 2.52. The number of rotatable bonds is 8. The second-order valence-corrected chi connectivity index (χ2v) is 7.01. The van der Waals surface area contributed by atoms with Crippen LogP contribution in [0.2, 0.25) is 0 Å². The van der Waals surface area contributed by atoms with Gasteiger partial charge in [0, 0.05) is 18.6 Å². The van der Waals surface area contributed by atoms with E-state index in [1.165, 1.54) is 24.0 Å². The summed E-state index contributed by atoms with van der Waals surface area (Å²) >= 11 is 0. The average molecular weight is 318 g/mol. The van der Waals surface area contributed by atoms with Crippen LogP contribution in [0.1, 0.15) is 50.7 Å². The molecule has 4 nitrogen and oxygen atoms in total. The number of carbonyl (C=O) groups is 1. The van der Waals surface area contributed by atoms with Gasteiger partial charge in [0.25, 0.3) is 5.91 Å². The van der Waals surface area contributed by atoms with Crippen molar-refractivity contribution in [1.82, 2.24) is 10.2 Å². The Morgan fingerprint density at radius 3 is 2.61 bits per heavy atom. The van der Waals surface area contributed by atoms with Crippen molar-refractivity contribution in [2.24, 2.45) is 0 Å². The molecule has 0 saturated heterocycles. The maximum atomic E-state index is 11.9. The molecule has 0 aromatic heterocycles. The average Bonchev–Trinajstić information content (AvgIpc) is 3.34. The number of aryl methyl sites for hydroxylation is 1. The van der Waals surface area contributed by atoms with Crippen molar-refractivity contribution >= 4 is 5.91 Å². The molecule has 0 spiro atoms. The fourth-order valence-electron chi connectivity index (χ4n) is 2.83. The van der Waals surface area contributed by atoms with Crippen LogP contribution in [0.4, 0.5) is 0 Å². The van der Waals surface area contributed by atoms with Crippen molar-refractivity contribution in [3.05, 3.63) is 29.3 Å². The van der Waals surface area contributed by atoms with Gasteiger partial charge in [-0.25, -0.2) is 0 Å². The van der Waals surface area contributed by atoms with E-state index in [1.807, 2.05) is 12.1 Å². The Bertz CT molecular complexity index is 538. The van der Waals surface area contributed by atoms with Crippen LogP contribution >= 0.6 is 0 Å². The summed E-state index contributed by atoms with van der Waals surface area (Å²) in [6.07, 6.45) is 2.56. The van der Waals surface area contributed by atoms with E-state index in [1.54, 1.807) is 0 Å². The molecule has 1 aliphatic carbocycles. The SMILES string of the molecule is Cc1cc(OCC(=O)NCC(C)N(C)C2CC2)ccc1C(C)C. The predicted molar refractivity (Wildman–Crippen MR) is 94.0 cm³/mol. The molecule has 1 saturated carbocycles. The normalized spacial score (nSPS) is 15.8. The van der Waals surface area contributed by atoms with Gasteiger partial charge in [-0.3, -0.25) is 9.69 Å². The van der Waals surface area contributed by atoms with Gasteiger partial charge in [-0.15, -0.1) is 0 Å². The molecule has 1 amide bonds. The summed E-state index contributed by atoms with van der Waals surface area (Å²) in [5, 5.41) is 2.95. The number of likely N-dealkylation sites (N-methyl/N-ethyl adjacent to an activating group) is 1. The predicted octanol–water partition coefficient (Wildman–Crippen LogP) is 3.10. The topological polar surface area (TPSA) is 41.6 Å². The zero-order valence-electron chi connectivity index (χ0n) is 15.1. The molecule has 1 aromatic rings. The van der Waals surface area contributed by atoms with E-state index in [9.17, 15) is 4.79 Å². The van der Waals surface area contributed by atoms with E-state index in [-0.39, 0.29) is 12.5 Å². The van der Waals surface area contributed by atoms with Gasteiger partial charge >= 0.3 is 0 Å². The number of carbonyl (C=O) groups excluding carboxylic acids is 1. The third-order valence-electron chi connectivity index (χ3n) is 4.65. The first-order valence-corrected chi connectivity index (χ1v) is 8.60. The molecular formula is C19H30N2O2. The fourth-order valence-corrected chi connectivity index (χ4v) is 2.83. The van der Waals surface area contributed by atoms with Crippen LogP contribution in [-0.4, -0.2) is 43.1 Å². The molecule has 1 N–H and O–H groups in total. The Hall–Kier alpha value is -1.55. The summed E-state index contributed by atoms with van der Waals surface area (Å²) in [5.74, 6) is 1.19. The zero-order valence-corrected chi connectivity index (χ0v) is 15.1. The van der Waals surface area contributed by atoms with Crippen LogP contribution in [0.15, 0.2) is 18.2 Å². The number of nitrogens with zero attached hydrogens (tertiary/aromatic N) is 1. The van der Waals surface area contributed by atoms with Gasteiger partial charge in [0.15, 0.2) is 6.61 Å². The van der Waals surface area contributed by atoms with Crippen LogP contribution in [0, 0.1) is 6.92 Å². The lowest BCUT2D eigenvalue weighted by atomic mass is 9.98. The van der Waals surface area contributed by atoms with Crippen LogP contribution in [0.3, 0.4) is 0 Å². The van der Waals surface area contributed by atoms with E-state index >= 15 is 0 Å². The summed E-state index contributed by atoms with van der Waals surface area (Å²) in [6.45, 7) is 9.32. The number of nitrogens with one attached hydrogen (secondary N) is 1. The van der Waals surface area contributed by atoms with E-state index in [2.05, 4.69) is 51.0 Å². The summed E-state index contributed by atoms with van der Waals surface area (Å²) in [6, 6.07) is 7.10. The lowest BCUT2D eigenvalue weighted by molar-refractivity contribution is -0.123. The molecule has 0 aliphatic heterocycles. The first-order valence-electron chi connectivity index (χ1n) is 8.60. The van der Waals surface area contributed by atoms with Gasteiger partial charge in [0.05, 0.1) is 0 Å². The molecule has 0 radical (unpaired) electrons. The van der Waals surface area contributed by atoms with E-state index in [4.69, 9.17) is 4.74 Å². The minimum atomic E-state index is -0.0633. The van der Waals surface area contributed by atoms with Crippen molar-refractivity contribution in [1.29, 1.82) is 0 Å². The second kappa shape index (κ2) is 7.82. The quantitative estimate of drug-likeness (QED) is 0.801. The lowest BCUT2D eigenvalue weighted by Gasteiger charge is -2.24. The molecule has 2 rings (SSSR count). The van der Waals surface area contributed by atoms with Gasteiger partial charge in [-0.05, 0) is 62.9 Å². The van der Waals surface area contributed by atoms with Gasteiger partial charge in [0.1, 0.15) is 5.75 Å². The first-order chi connectivity index (χ1) is 10.9. The van der Waals surface area contributed by atoms with Crippen molar-refractivity contribution in [2.45, 2.75) is 58.5 Å². The molecule has 4 heteroatoms. The number of benzene rings is 1. The summed E-state index contributed by atoms with van der Waals surface area (Å²) in [7, 11) is 2.13. The standard InChI is InChI=1S/C19H30N2O2/c1-13(2)18-9-8-17(10-14(18)3)23-12-19(22)20-11-15(4)21(5)16-6-7-16/h8-10,13,15-16H,6-7,11-12H2,1-5H3,(H,20,22). The summed E-state index contributed by atoms with van der Waals surface area (Å²) in [4.78, 5) is 14.3. The minimum absolute atomic E-state index is 0.0633. The first kappa shape index (κ1) is 17.8. The van der Waals surface area contributed by atoms with E-state index in [0.717, 1.165) is 5.75 Å². The highest BCUT2D eigenvalue weighted by atomic mass is 16.5. The summed E-state index contributed by atoms with van der Waals surface area (Å²) < 4.78 is 5.61. The number of amides is 1. The van der Waals surface area contributed by atoms with Crippen molar-refractivity contribution < 1.29 is 9.53 Å². The maximum Gasteiger partial charge on any atom is 0.257 e. The highest BCUT2D eigenvalue weighted by molar-refractivity contribution is 5.77. The molecule has 1 fully saturated rings. The molecular weight excluding hydrogens is 288 g/mol. The van der Waals surface area contributed by atoms with E-state index in [0.29, 0.717) is 24.5 Å².